The number of hydrogen-bond acceptors (Lipinski definition) is 2. The molecule has 0 radical (unpaired) electrons. The maximum absolute atomic E-state index is 4.74. The van der Waals surface area contributed by atoms with Crippen LogP contribution >= 0.6 is 22.6 Å². The quantitative estimate of drug-likeness (QED) is 0.757. The first-order chi connectivity index (χ1) is 9.10. The Morgan fingerprint density at radius 1 is 1.11 bits per heavy atom. The SMILES string of the molecule is CCc1cc(Cn2nc(CC)c(I)c2CC)n(C)n1. The summed E-state index contributed by atoms with van der Waals surface area (Å²) in [5.74, 6) is 0. The molecule has 4 nitrogen and oxygen atoms in total. The highest BCUT2D eigenvalue weighted by Gasteiger charge is 2.14. The van der Waals surface area contributed by atoms with E-state index in [0.29, 0.717) is 0 Å². The predicted molar refractivity (Wildman–Crippen MR) is 85.4 cm³/mol. The fourth-order valence-corrected chi connectivity index (χ4v) is 3.42. The van der Waals surface area contributed by atoms with Crippen molar-refractivity contribution < 1.29 is 0 Å². The van der Waals surface area contributed by atoms with E-state index in [4.69, 9.17) is 5.10 Å². The van der Waals surface area contributed by atoms with E-state index in [0.717, 1.165) is 31.5 Å². The van der Waals surface area contributed by atoms with Crippen LogP contribution in [0.15, 0.2) is 6.07 Å². The molecule has 0 spiro atoms. The fraction of sp³-hybridized carbons (Fsp3) is 0.571. The molecular formula is C14H21IN4. The lowest BCUT2D eigenvalue weighted by Crippen LogP contribution is -2.10. The van der Waals surface area contributed by atoms with E-state index in [-0.39, 0.29) is 0 Å². The normalized spacial score (nSPS) is 11.2. The summed E-state index contributed by atoms with van der Waals surface area (Å²) in [4.78, 5) is 0. The van der Waals surface area contributed by atoms with E-state index in [1.807, 2.05) is 11.7 Å². The van der Waals surface area contributed by atoms with Crippen LogP contribution in [0, 0.1) is 3.57 Å². The zero-order valence-electron chi connectivity index (χ0n) is 12.1. The lowest BCUT2D eigenvalue weighted by atomic mass is 10.2. The summed E-state index contributed by atoms with van der Waals surface area (Å²) in [6.07, 6.45) is 2.99. The van der Waals surface area contributed by atoms with Crippen LogP contribution in [0.4, 0.5) is 0 Å². The van der Waals surface area contributed by atoms with Crippen molar-refractivity contribution in [3.8, 4) is 0 Å². The van der Waals surface area contributed by atoms with Crippen LogP contribution < -0.4 is 0 Å². The average molecular weight is 372 g/mol. The van der Waals surface area contributed by atoms with Gasteiger partial charge in [-0.2, -0.15) is 10.2 Å². The summed E-state index contributed by atoms with van der Waals surface area (Å²) >= 11 is 2.42. The fourth-order valence-electron chi connectivity index (χ4n) is 2.27. The molecule has 0 aromatic carbocycles. The zero-order chi connectivity index (χ0) is 14.0. The molecule has 104 valence electrons. The number of rotatable bonds is 5. The Morgan fingerprint density at radius 3 is 2.37 bits per heavy atom. The summed E-state index contributed by atoms with van der Waals surface area (Å²) in [6.45, 7) is 7.29. The molecule has 0 aliphatic carbocycles. The van der Waals surface area contributed by atoms with Crippen LogP contribution in [0.5, 0.6) is 0 Å². The maximum atomic E-state index is 4.74. The van der Waals surface area contributed by atoms with Gasteiger partial charge in [-0.1, -0.05) is 20.8 Å². The molecule has 0 saturated heterocycles. The molecule has 2 heterocycles. The van der Waals surface area contributed by atoms with Gasteiger partial charge in [-0.15, -0.1) is 0 Å². The molecule has 0 N–H and O–H groups in total. The highest BCUT2D eigenvalue weighted by molar-refractivity contribution is 14.1. The minimum absolute atomic E-state index is 0.808. The molecule has 0 fully saturated rings. The minimum Gasteiger partial charge on any atom is -0.270 e. The van der Waals surface area contributed by atoms with Crippen LogP contribution in [0.2, 0.25) is 0 Å². The molecule has 5 heteroatoms. The maximum Gasteiger partial charge on any atom is 0.0831 e. The zero-order valence-corrected chi connectivity index (χ0v) is 14.2. The van der Waals surface area contributed by atoms with E-state index in [9.17, 15) is 0 Å². The second kappa shape index (κ2) is 6.07. The van der Waals surface area contributed by atoms with Crippen molar-refractivity contribution in [3.05, 3.63) is 32.4 Å². The van der Waals surface area contributed by atoms with Crippen molar-refractivity contribution in [2.75, 3.05) is 0 Å². The predicted octanol–water partition coefficient (Wildman–Crippen LogP) is 2.96. The van der Waals surface area contributed by atoms with E-state index in [2.05, 4.69) is 59.2 Å². The third kappa shape index (κ3) is 2.85. The molecule has 0 unspecified atom stereocenters. The van der Waals surface area contributed by atoms with Gasteiger partial charge in [-0.05, 0) is 47.9 Å². The molecule has 19 heavy (non-hydrogen) atoms. The van der Waals surface area contributed by atoms with E-state index < -0.39 is 0 Å². The lowest BCUT2D eigenvalue weighted by Gasteiger charge is -2.06. The van der Waals surface area contributed by atoms with Crippen molar-refractivity contribution in [1.82, 2.24) is 19.6 Å². The second-order valence-corrected chi connectivity index (χ2v) is 5.76. The molecule has 0 bridgehead atoms. The van der Waals surface area contributed by atoms with Crippen molar-refractivity contribution in [2.45, 2.75) is 46.6 Å². The Labute approximate surface area is 128 Å². The summed E-state index contributed by atoms with van der Waals surface area (Å²) in [5, 5.41) is 9.24. The van der Waals surface area contributed by atoms with E-state index in [1.165, 1.54) is 20.7 Å². The highest BCUT2D eigenvalue weighted by Crippen LogP contribution is 2.19. The average Bonchev–Trinajstić information content (AvgIpc) is 2.91. The van der Waals surface area contributed by atoms with Crippen molar-refractivity contribution in [1.29, 1.82) is 0 Å². The van der Waals surface area contributed by atoms with Crippen LogP contribution in [0.3, 0.4) is 0 Å². The molecule has 0 saturated carbocycles. The summed E-state index contributed by atoms with van der Waals surface area (Å²) in [7, 11) is 2.01. The van der Waals surface area contributed by atoms with Gasteiger partial charge in [-0.3, -0.25) is 9.36 Å². The number of halogens is 1. The van der Waals surface area contributed by atoms with Gasteiger partial charge in [0.15, 0.2) is 0 Å². The molecule has 0 amide bonds. The molecule has 2 aromatic heterocycles. The Bertz CT molecular complexity index is 568. The van der Waals surface area contributed by atoms with Crippen molar-refractivity contribution in [3.63, 3.8) is 0 Å². The number of aryl methyl sites for hydroxylation is 3. The summed E-state index contributed by atoms with van der Waals surface area (Å²) in [5.41, 5.74) is 4.90. The van der Waals surface area contributed by atoms with Gasteiger partial charge in [0, 0.05) is 7.05 Å². The van der Waals surface area contributed by atoms with Gasteiger partial charge in [0.05, 0.1) is 32.9 Å². The van der Waals surface area contributed by atoms with E-state index in [1.54, 1.807) is 0 Å². The third-order valence-corrected chi connectivity index (χ3v) is 4.68. The smallest absolute Gasteiger partial charge is 0.0831 e. The number of nitrogens with zero attached hydrogens (tertiary/aromatic N) is 4. The van der Waals surface area contributed by atoms with Crippen LogP contribution in [0.25, 0.3) is 0 Å². The molecule has 2 aromatic rings. The molecule has 0 atom stereocenters. The van der Waals surface area contributed by atoms with Crippen LogP contribution in [0.1, 0.15) is 43.5 Å². The lowest BCUT2D eigenvalue weighted by molar-refractivity contribution is 0.592. The Morgan fingerprint density at radius 2 is 1.84 bits per heavy atom. The molecule has 0 aliphatic heterocycles. The first kappa shape index (κ1) is 14.6. The molecule has 0 aliphatic rings. The van der Waals surface area contributed by atoms with Gasteiger partial charge < -0.3 is 0 Å². The van der Waals surface area contributed by atoms with Crippen LogP contribution in [-0.2, 0) is 32.9 Å². The van der Waals surface area contributed by atoms with Gasteiger partial charge in [-0.25, -0.2) is 0 Å². The van der Waals surface area contributed by atoms with Gasteiger partial charge >= 0.3 is 0 Å². The Balaban J connectivity index is 2.34. The molecular weight excluding hydrogens is 351 g/mol. The number of hydrogen-bond donors (Lipinski definition) is 0. The monoisotopic (exact) mass is 372 g/mol. The van der Waals surface area contributed by atoms with E-state index >= 15 is 0 Å². The topological polar surface area (TPSA) is 35.6 Å². The van der Waals surface area contributed by atoms with Crippen molar-refractivity contribution >= 4 is 22.6 Å². The Kier molecular flexibility index (Phi) is 4.65. The second-order valence-electron chi connectivity index (χ2n) is 4.68. The van der Waals surface area contributed by atoms with Gasteiger partial charge in [0.25, 0.3) is 0 Å². The van der Waals surface area contributed by atoms with Crippen molar-refractivity contribution in [2.24, 2.45) is 7.05 Å². The standard InChI is InChI=1S/C14H21IN4/c1-5-10-8-11(18(4)16-10)9-19-13(7-3)14(15)12(6-2)17-19/h8H,5-7,9H2,1-4H3. The Hall–Kier alpha value is -0.850. The third-order valence-electron chi connectivity index (χ3n) is 3.43. The van der Waals surface area contributed by atoms with Gasteiger partial charge in [0.1, 0.15) is 0 Å². The summed E-state index contributed by atoms with van der Waals surface area (Å²) in [6, 6.07) is 2.18. The van der Waals surface area contributed by atoms with Gasteiger partial charge in [0.2, 0.25) is 0 Å². The minimum atomic E-state index is 0.808. The first-order valence-corrected chi connectivity index (χ1v) is 7.94. The largest absolute Gasteiger partial charge is 0.270 e. The first-order valence-electron chi connectivity index (χ1n) is 6.86. The highest BCUT2D eigenvalue weighted by atomic mass is 127. The summed E-state index contributed by atoms with van der Waals surface area (Å²) < 4.78 is 5.43. The number of aromatic nitrogens is 4. The molecule has 2 rings (SSSR count). The van der Waals surface area contributed by atoms with Crippen LogP contribution in [-0.4, -0.2) is 19.6 Å².